The summed E-state index contributed by atoms with van der Waals surface area (Å²) < 4.78 is 51.6. The SMILES string of the molecule is CC#CCCC(NN)c1cccc(C(F)(F)F)c1F. The van der Waals surface area contributed by atoms with Gasteiger partial charge in [0, 0.05) is 18.0 Å². The van der Waals surface area contributed by atoms with Crippen molar-refractivity contribution in [2.45, 2.75) is 32.0 Å². The van der Waals surface area contributed by atoms with E-state index >= 15 is 0 Å². The second-order valence-electron chi connectivity index (χ2n) is 3.89. The van der Waals surface area contributed by atoms with Crippen LogP contribution in [0.1, 0.15) is 36.9 Å². The molecule has 0 saturated carbocycles. The molecule has 1 unspecified atom stereocenters. The molecule has 1 atom stereocenters. The van der Waals surface area contributed by atoms with Crippen LogP contribution < -0.4 is 11.3 Å². The highest BCUT2D eigenvalue weighted by Crippen LogP contribution is 2.34. The Morgan fingerprint density at radius 2 is 2.05 bits per heavy atom. The fraction of sp³-hybridized carbons (Fsp3) is 0.385. The lowest BCUT2D eigenvalue weighted by Gasteiger charge is -2.18. The standard InChI is InChI=1S/C13H14F4N2/c1-2-3-4-8-11(19-18)9-6-5-7-10(12(9)14)13(15,16)17/h5-7,11,19H,4,8,18H2,1H3. The van der Waals surface area contributed by atoms with Gasteiger partial charge < -0.3 is 0 Å². The first-order valence-corrected chi connectivity index (χ1v) is 5.63. The summed E-state index contributed by atoms with van der Waals surface area (Å²) in [5, 5.41) is 0. The lowest BCUT2D eigenvalue weighted by atomic mass is 9.99. The molecule has 0 bridgehead atoms. The Labute approximate surface area is 109 Å². The van der Waals surface area contributed by atoms with Gasteiger partial charge in [-0.25, -0.2) is 4.39 Å². The van der Waals surface area contributed by atoms with E-state index in [0.717, 1.165) is 6.07 Å². The predicted octanol–water partition coefficient (Wildman–Crippen LogP) is 3.15. The van der Waals surface area contributed by atoms with Crippen LogP contribution in [-0.4, -0.2) is 0 Å². The van der Waals surface area contributed by atoms with Crippen LogP contribution in [0, 0.1) is 17.7 Å². The van der Waals surface area contributed by atoms with Crippen molar-refractivity contribution >= 4 is 0 Å². The number of hydrogen-bond acceptors (Lipinski definition) is 2. The molecule has 0 radical (unpaired) electrons. The lowest BCUT2D eigenvalue weighted by Crippen LogP contribution is -2.29. The van der Waals surface area contributed by atoms with E-state index in [1.54, 1.807) is 6.92 Å². The van der Waals surface area contributed by atoms with Crippen LogP contribution in [0.25, 0.3) is 0 Å². The topological polar surface area (TPSA) is 38.0 Å². The van der Waals surface area contributed by atoms with Crippen molar-refractivity contribution < 1.29 is 17.6 Å². The molecular weight excluding hydrogens is 260 g/mol. The molecule has 0 spiro atoms. The summed E-state index contributed by atoms with van der Waals surface area (Å²) in [6, 6.07) is 2.45. The Hall–Kier alpha value is -1.58. The highest BCUT2D eigenvalue weighted by atomic mass is 19.4. The third kappa shape index (κ3) is 3.94. The molecule has 0 aliphatic carbocycles. The van der Waals surface area contributed by atoms with Crippen LogP contribution in [0.5, 0.6) is 0 Å². The van der Waals surface area contributed by atoms with Crippen molar-refractivity contribution in [3.63, 3.8) is 0 Å². The van der Waals surface area contributed by atoms with Gasteiger partial charge in [-0.05, 0) is 19.4 Å². The van der Waals surface area contributed by atoms with Gasteiger partial charge in [0.25, 0.3) is 0 Å². The Bertz CT molecular complexity index is 486. The Morgan fingerprint density at radius 1 is 1.37 bits per heavy atom. The van der Waals surface area contributed by atoms with Gasteiger partial charge in [0.05, 0.1) is 5.56 Å². The zero-order valence-electron chi connectivity index (χ0n) is 10.3. The van der Waals surface area contributed by atoms with Gasteiger partial charge in [0.15, 0.2) is 0 Å². The molecule has 19 heavy (non-hydrogen) atoms. The van der Waals surface area contributed by atoms with E-state index in [1.165, 1.54) is 6.07 Å². The maximum atomic E-state index is 13.9. The van der Waals surface area contributed by atoms with Gasteiger partial charge in [-0.3, -0.25) is 11.3 Å². The van der Waals surface area contributed by atoms with E-state index in [2.05, 4.69) is 17.3 Å². The summed E-state index contributed by atoms with van der Waals surface area (Å²) in [7, 11) is 0. The fourth-order valence-electron chi connectivity index (χ4n) is 1.71. The minimum Gasteiger partial charge on any atom is -0.271 e. The van der Waals surface area contributed by atoms with Gasteiger partial charge in [-0.15, -0.1) is 11.8 Å². The maximum absolute atomic E-state index is 13.9. The van der Waals surface area contributed by atoms with Crippen molar-refractivity contribution in [3.05, 3.63) is 35.1 Å². The number of halogens is 4. The molecule has 6 heteroatoms. The number of nitrogens with one attached hydrogen (secondary N) is 1. The predicted molar refractivity (Wildman–Crippen MR) is 64.2 cm³/mol. The summed E-state index contributed by atoms with van der Waals surface area (Å²) in [5.41, 5.74) is 0.935. The van der Waals surface area contributed by atoms with Gasteiger partial charge in [-0.1, -0.05) is 12.1 Å². The second kappa shape index (κ2) is 6.55. The van der Waals surface area contributed by atoms with Crippen LogP contribution in [-0.2, 0) is 6.18 Å². The number of hydrazine groups is 1. The monoisotopic (exact) mass is 274 g/mol. The van der Waals surface area contributed by atoms with Crippen molar-refractivity contribution in [1.29, 1.82) is 0 Å². The van der Waals surface area contributed by atoms with Crippen molar-refractivity contribution in [2.24, 2.45) is 5.84 Å². The van der Waals surface area contributed by atoms with Crippen LogP contribution in [0.4, 0.5) is 17.6 Å². The first-order valence-electron chi connectivity index (χ1n) is 5.63. The third-order valence-corrected chi connectivity index (χ3v) is 2.65. The van der Waals surface area contributed by atoms with Gasteiger partial charge in [-0.2, -0.15) is 13.2 Å². The summed E-state index contributed by atoms with van der Waals surface area (Å²) in [4.78, 5) is 0. The number of nitrogens with two attached hydrogens (primary N) is 1. The minimum absolute atomic E-state index is 0.102. The molecular formula is C13H14F4N2. The number of rotatable bonds is 4. The normalized spacial score (nSPS) is 12.7. The molecule has 104 valence electrons. The fourth-order valence-corrected chi connectivity index (χ4v) is 1.71. The molecule has 0 aliphatic heterocycles. The largest absolute Gasteiger partial charge is 0.419 e. The molecule has 0 fully saturated rings. The van der Waals surface area contributed by atoms with Crippen LogP contribution >= 0.6 is 0 Å². The quantitative estimate of drug-likeness (QED) is 0.383. The molecule has 1 aromatic carbocycles. The second-order valence-corrected chi connectivity index (χ2v) is 3.89. The van der Waals surface area contributed by atoms with E-state index < -0.39 is 23.6 Å². The van der Waals surface area contributed by atoms with Crippen LogP contribution in [0.15, 0.2) is 18.2 Å². The number of hydrogen-bond donors (Lipinski definition) is 2. The van der Waals surface area contributed by atoms with E-state index in [9.17, 15) is 17.6 Å². The minimum atomic E-state index is -4.72. The van der Waals surface area contributed by atoms with E-state index in [1.807, 2.05) is 0 Å². The van der Waals surface area contributed by atoms with Crippen molar-refractivity contribution in [2.75, 3.05) is 0 Å². The molecule has 1 aromatic rings. The van der Waals surface area contributed by atoms with Gasteiger partial charge in [0.1, 0.15) is 5.82 Å². The number of alkyl halides is 3. The average molecular weight is 274 g/mol. The average Bonchev–Trinajstić information content (AvgIpc) is 2.34. The molecule has 0 heterocycles. The molecule has 0 aliphatic rings. The highest BCUT2D eigenvalue weighted by molar-refractivity contribution is 5.30. The smallest absolute Gasteiger partial charge is 0.271 e. The first kappa shape index (κ1) is 15.5. The molecule has 3 N–H and O–H groups in total. The van der Waals surface area contributed by atoms with Gasteiger partial charge >= 0.3 is 6.18 Å². The first-order chi connectivity index (χ1) is 8.91. The molecule has 0 saturated heterocycles. The van der Waals surface area contributed by atoms with Crippen LogP contribution in [0.2, 0.25) is 0 Å². The summed E-state index contributed by atoms with van der Waals surface area (Å²) in [5.74, 6) is 9.39. The Balaban J connectivity index is 3.07. The zero-order chi connectivity index (χ0) is 14.5. The van der Waals surface area contributed by atoms with Gasteiger partial charge in [0.2, 0.25) is 0 Å². The van der Waals surface area contributed by atoms with E-state index in [4.69, 9.17) is 5.84 Å². The van der Waals surface area contributed by atoms with E-state index in [0.29, 0.717) is 18.9 Å². The Morgan fingerprint density at radius 3 is 2.58 bits per heavy atom. The molecule has 0 aromatic heterocycles. The Kier molecular flexibility index (Phi) is 5.33. The van der Waals surface area contributed by atoms with E-state index in [-0.39, 0.29) is 5.56 Å². The maximum Gasteiger partial charge on any atom is 0.419 e. The summed E-state index contributed by atoms with van der Waals surface area (Å²) in [6.45, 7) is 1.65. The zero-order valence-corrected chi connectivity index (χ0v) is 10.3. The molecule has 1 rings (SSSR count). The summed E-state index contributed by atoms with van der Waals surface area (Å²) in [6.07, 6.45) is -3.97. The number of benzene rings is 1. The van der Waals surface area contributed by atoms with Crippen molar-refractivity contribution in [3.8, 4) is 11.8 Å². The van der Waals surface area contributed by atoms with Crippen molar-refractivity contribution in [1.82, 2.24) is 5.43 Å². The van der Waals surface area contributed by atoms with Crippen LogP contribution in [0.3, 0.4) is 0 Å². The summed E-state index contributed by atoms with van der Waals surface area (Å²) >= 11 is 0. The third-order valence-electron chi connectivity index (χ3n) is 2.65. The molecule has 0 amide bonds. The highest BCUT2D eigenvalue weighted by Gasteiger charge is 2.35. The lowest BCUT2D eigenvalue weighted by molar-refractivity contribution is -0.140. The molecule has 2 nitrogen and oxygen atoms in total.